The van der Waals surface area contributed by atoms with Crippen LogP contribution in [-0.4, -0.2) is 32.3 Å². The minimum Gasteiger partial charge on any atom is -0.380 e. The smallest absolute Gasteiger partial charge is 0.0641 e. The van der Waals surface area contributed by atoms with Crippen LogP contribution < -0.4 is 10.2 Å². The molecule has 0 bridgehead atoms. The average molecular weight is 260 g/mol. The predicted octanol–water partition coefficient (Wildman–Crippen LogP) is 2.47. The summed E-state index contributed by atoms with van der Waals surface area (Å²) in [4.78, 5) is 2.44. The van der Waals surface area contributed by atoms with Crippen molar-refractivity contribution in [1.29, 1.82) is 0 Å². The lowest BCUT2D eigenvalue weighted by Crippen LogP contribution is -2.26. The van der Waals surface area contributed by atoms with Gasteiger partial charge in [-0.25, -0.2) is 0 Å². The van der Waals surface area contributed by atoms with Crippen molar-refractivity contribution in [1.82, 2.24) is 5.32 Å². The van der Waals surface area contributed by atoms with Gasteiger partial charge >= 0.3 is 0 Å². The molecule has 0 unspecified atom stereocenters. The van der Waals surface area contributed by atoms with Crippen molar-refractivity contribution in [2.45, 2.75) is 38.8 Å². The van der Waals surface area contributed by atoms with Crippen LogP contribution in [0.25, 0.3) is 0 Å². The fourth-order valence-electron chi connectivity index (χ4n) is 2.62. The third-order valence-electron chi connectivity index (χ3n) is 4.07. The second-order valence-electron chi connectivity index (χ2n) is 5.72. The molecule has 2 fully saturated rings. The molecular formula is C16H24N2O. The molecule has 0 aromatic heterocycles. The molecule has 1 N–H and O–H groups in total. The van der Waals surface area contributed by atoms with E-state index in [2.05, 4.69) is 35.3 Å². The average Bonchev–Trinajstić information content (AvgIpc) is 3.24. The van der Waals surface area contributed by atoms with Crippen molar-refractivity contribution in [3.63, 3.8) is 0 Å². The Hall–Kier alpha value is -1.06. The van der Waals surface area contributed by atoms with Gasteiger partial charge in [-0.15, -0.1) is 0 Å². The summed E-state index contributed by atoms with van der Waals surface area (Å²) in [5, 5.41) is 3.59. The van der Waals surface area contributed by atoms with Crippen LogP contribution in [0.5, 0.6) is 0 Å². The predicted molar refractivity (Wildman–Crippen MR) is 78.7 cm³/mol. The maximum absolute atomic E-state index is 5.52. The maximum atomic E-state index is 5.52. The number of hydrogen-bond acceptors (Lipinski definition) is 3. The van der Waals surface area contributed by atoms with Crippen molar-refractivity contribution in [2.75, 3.05) is 31.2 Å². The SMILES string of the molecule is Cc1cc(N2CCCOCC2)ccc1CNC1CC1. The van der Waals surface area contributed by atoms with Crippen molar-refractivity contribution in [3.8, 4) is 0 Å². The van der Waals surface area contributed by atoms with Crippen LogP contribution in [0, 0.1) is 6.92 Å². The van der Waals surface area contributed by atoms with Crippen molar-refractivity contribution in [3.05, 3.63) is 29.3 Å². The summed E-state index contributed by atoms with van der Waals surface area (Å²) in [5.74, 6) is 0. The number of ether oxygens (including phenoxy) is 1. The van der Waals surface area contributed by atoms with Crippen LogP contribution in [0.3, 0.4) is 0 Å². The standard InChI is InChI=1S/C16H24N2O/c1-13-11-16(18-7-2-9-19-10-8-18)6-3-14(13)12-17-15-4-5-15/h3,6,11,15,17H,2,4-5,7-10,12H2,1H3. The number of hydrogen-bond donors (Lipinski definition) is 1. The van der Waals surface area contributed by atoms with Crippen molar-refractivity contribution >= 4 is 5.69 Å². The van der Waals surface area contributed by atoms with Gasteiger partial charge in [-0.3, -0.25) is 0 Å². The van der Waals surface area contributed by atoms with E-state index in [-0.39, 0.29) is 0 Å². The molecule has 1 heterocycles. The molecule has 1 aromatic carbocycles. The van der Waals surface area contributed by atoms with E-state index in [0.29, 0.717) is 0 Å². The zero-order chi connectivity index (χ0) is 13.1. The van der Waals surface area contributed by atoms with Crippen LogP contribution in [0.1, 0.15) is 30.4 Å². The van der Waals surface area contributed by atoms with Gasteiger partial charge < -0.3 is 15.0 Å². The normalized spacial score (nSPS) is 20.4. The number of nitrogens with zero attached hydrogens (tertiary/aromatic N) is 1. The van der Waals surface area contributed by atoms with Crippen molar-refractivity contribution in [2.24, 2.45) is 0 Å². The number of nitrogens with one attached hydrogen (secondary N) is 1. The number of benzene rings is 1. The quantitative estimate of drug-likeness (QED) is 0.900. The molecule has 3 nitrogen and oxygen atoms in total. The van der Waals surface area contributed by atoms with E-state index >= 15 is 0 Å². The summed E-state index contributed by atoms with van der Waals surface area (Å²) in [5.41, 5.74) is 4.18. The first-order chi connectivity index (χ1) is 9.33. The Labute approximate surface area is 115 Å². The van der Waals surface area contributed by atoms with Gasteiger partial charge in [-0.2, -0.15) is 0 Å². The maximum Gasteiger partial charge on any atom is 0.0641 e. The van der Waals surface area contributed by atoms with E-state index < -0.39 is 0 Å². The Balaban J connectivity index is 1.66. The van der Waals surface area contributed by atoms with E-state index in [4.69, 9.17) is 4.74 Å². The van der Waals surface area contributed by atoms with Crippen LogP contribution in [0.4, 0.5) is 5.69 Å². The Morgan fingerprint density at radius 2 is 2.16 bits per heavy atom. The lowest BCUT2D eigenvalue weighted by molar-refractivity contribution is 0.152. The van der Waals surface area contributed by atoms with Crippen LogP contribution in [0.2, 0.25) is 0 Å². The van der Waals surface area contributed by atoms with Gasteiger partial charge in [-0.1, -0.05) is 6.07 Å². The van der Waals surface area contributed by atoms with Crippen LogP contribution >= 0.6 is 0 Å². The Morgan fingerprint density at radius 1 is 1.26 bits per heavy atom. The lowest BCUT2D eigenvalue weighted by Gasteiger charge is -2.23. The van der Waals surface area contributed by atoms with Crippen molar-refractivity contribution < 1.29 is 4.74 Å². The van der Waals surface area contributed by atoms with Gasteiger partial charge in [0.15, 0.2) is 0 Å². The van der Waals surface area contributed by atoms with Gasteiger partial charge in [0, 0.05) is 38.0 Å². The van der Waals surface area contributed by atoms with E-state index in [1.54, 1.807) is 0 Å². The molecule has 0 atom stereocenters. The van der Waals surface area contributed by atoms with E-state index in [1.165, 1.54) is 29.7 Å². The number of aryl methyl sites for hydroxylation is 1. The first-order valence-electron chi connectivity index (χ1n) is 7.48. The third-order valence-corrected chi connectivity index (χ3v) is 4.07. The molecule has 1 aromatic rings. The fraction of sp³-hybridized carbons (Fsp3) is 0.625. The second-order valence-corrected chi connectivity index (χ2v) is 5.72. The second kappa shape index (κ2) is 5.93. The van der Waals surface area contributed by atoms with Gasteiger partial charge in [0.25, 0.3) is 0 Å². The highest BCUT2D eigenvalue weighted by molar-refractivity contribution is 5.51. The molecule has 0 radical (unpaired) electrons. The zero-order valence-electron chi connectivity index (χ0n) is 11.8. The highest BCUT2D eigenvalue weighted by atomic mass is 16.5. The van der Waals surface area contributed by atoms with E-state index in [9.17, 15) is 0 Å². The van der Waals surface area contributed by atoms with E-state index in [1.807, 2.05) is 0 Å². The molecule has 1 aliphatic carbocycles. The molecule has 0 amide bonds. The lowest BCUT2D eigenvalue weighted by atomic mass is 10.1. The fourth-order valence-corrected chi connectivity index (χ4v) is 2.62. The molecule has 19 heavy (non-hydrogen) atoms. The summed E-state index contributed by atoms with van der Waals surface area (Å²) in [6, 6.07) is 7.66. The summed E-state index contributed by atoms with van der Waals surface area (Å²) < 4.78 is 5.52. The monoisotopic (exact) mass is 260 g/mol. The summed E-state index contributed by atoms with van der Waals surface area (Å²) >= 11 is 0. The molecular weight excluding hydrogens is 236 g/mol. The largest absolute Gasteiger partial charge is 0.380 e. The van der Waals surface area contributed by atoms with Gasteiger partial charge in [0.1, 0.15) is 0 Å². The molecule has 3 rings (SSSR count). The summed E-state index contributed by atoms with van der Waals surface area (Å²) in [7, 11) is 0. The minimum absolute atomic E-state index is 0.779. The summed E-state index contributed by atoms with van der Waals surface area (Å²) in [6.45, 7) is 7.11. The highest BCUT2D eigenvalue weighted by Crippen LogP contribution is 2.23. The van der Waals surface area contributed by atoms with Crippen LogP contribution in [-0.2, 0) is 11.3 Å². The molecule has 2 aliphatic rings. The topological polar surface area (TPSA) is 24.5 Å². The van der Waals surface area contributed by atoms with Gasteiger partial charge in [0.2, 0.25) is 0 Å². The Morgan fingerprint density at radius 3 is 2.95 bits per heavy atom. The molecule has 1 saturated heterocycles. The first-order valence-corrected chi connectivity index (χ1v) is 7.48. The minimum atomic E-state index is 0.779. The first kappa shape index (κ1) is 12.9. The highest BCUT2D eigenvalue weighted by Gasteiger charge is 2.20. The third kappa shape index (κ3) is 3.48. The van der Waals surface area contributed by atoms with Gasteiger partial charge in [0.05, 0.1) is 6.61 Å². The molecule has 1 aliphatic heterocycles. The molecule has 3 heteroatoms. The molecule has 0 spiro atoms. The molecule has 1 saturated carbocycles. The van der Waals surface area contributed by atoms with E-state index in [0.717, 1.165) is 45.3 Å². The summed E-state index contributed by atoms with van der Waals surface area (Å²) in [6.07, 6.45) is 3.83. The van der Waals surface area contributed by atoms with Gasteiger partial charge in [-0.05, 0) is 49.4 Å². The Kier molecular flexibility index (Phi) is 4.04. The Bertz CT molecular complexity index is 421. The zero-order valence-corrected chi connectivity index (χ0v) is 11.8. The number of anilines is 1. The number of rotatable bonds is 4. The van der Waals surface area contributed by atoms with Crippen LogP contribution in [0.15, 0.2) is 18.2 Å². The molecule has 104 valence electrons.